The minimum Gasteiger partial charge on any atom is -0.469 e. The Morgan fingerprint density at radius 3 is 2.79 bits per heavy atom. The number of hydrogen-bond donors (Lipinski definition) is 0. The van der Waals surface area contributed by atoms with Crippen LogP contribution in [0.25, 0.3) is 0 Å². The first kappa shape index (κ1) is 11.0. The third-order valence-corrected chi connectivity index (χ3v) is 2.84. The van der Waals surface area contributed by atoms with E-state index in [0.29, 0.717) is 12.2 Å². The maximum absolute atomic E-state index is 10.8. The van der Waals surface area contributed by atoms with Gasteiger partial charge in [-0.3, -0.25) is 4.79 Å². The Morgan fingerprint density at radius 1 is 1.57 bits per heavy atom. The normalized spacial score (nSPS) is 10.2. The number of carbonyl (C=O) groups excluding carboxylic acids is 1. The minimum atomic E-state index is -0.198. The number of carbonyl (C=O) groups is 1. The number of methoxy groups -OCH3 is 1. The lowest BCUT2D eigenvalue weighted by Crippen LogP contribution is -2.02. The molecule has 0 aliphatic heterocycles. The van der Waals surface area contributed by atoms with E-state index in [2.05, 4.69) is 14.9 Å². The molecule has 0 aliphatic rings. The second-order valence-corrected chi connectivity index (χ2v) is 3.83. The molecule has 0 aliphatic carbocycles. The lowest BCUT2D eigenvalue weighted by Gasteiger charge is -2.00. The monoisotopic (exact) mass is 215 g/mol. The number of hydrogen-bond acceptors (Lipinski definition) is 5. The molecule has 0 spiro atoms. The van der Waals surface area contributed by atoms with Gasteiger partial charge in [-0.1, -0.05) is 11.8 Å². The van der Waals surface area contributed by atoms with E-state index in [0.717, 1.165) is 11.0 Å². The predicted molar refractivity (Wildman–Crippen MR) is 53.1 cm³/mol. The van der Waals surface area contributed by atoms with E-state index >= 15 is 0 Å². The Hall–Kier alpha value is -1.04. The van der Waals surface area contributed by atoms with Crippen LogP contribution in [-0.2, 0) is 16.6 Å². The first-order valence-electron chi connectivity index (χ1n) is 4.20. The van der Waals surface area contributed by atoms with Crippen molar-refractivity contribution in [1.29, 1.82) is 0 Å². The molecule has 0 saturated heterocycles. The van der Waals surface area contributed by atoms with Crippen LogP contribution >= 0.6 is 11.8 Å². The largest absolute Gasteiger partial charge is 0.469 e. The van der Waals surface area contributed by atoms with Crippen molar-refractivity contribution in [2.75, 3.05) is 12.9 Å². The molecule has 5 nitrogen and oxygen atoms in total. The molecule has 0 saturated carbocycles. The highest BCUT2D eigenvalue weighted by Crippen LogP contribution is 2.15. The molecule has 78 valence electrons. The van der Waals surface area contributed by atoms with Crippen LogP contribution in [0.5, 0.6) is 0 Å². The molecule has 0 N–H and O–H groups in total. The van der Waals surface area contributed by atoms with E-state index < -0.39 is 0 Å². The minimum absolute atomic E-state index is 0.198. The van der Waals surface area contributed by atoms with Gasteiger partial charge in [0.1, 0.15) is 5.82 Å². The van der Waals surface area contributed by atoms with Crippen molar-refractivity contribution in [2.24, 2.45) is 7.05 Å². The fraction of sp³-hybridized carbons (Fsp3) is 0.625. The summed E-state index contributed by atoms with van der Waals surface area (Å²) < 4.78 is 6.42. The zero-order chi connectivity index (χ0) is 10.6. The van der Waals surface area contributed by atoms with Crippen molar-refractivity contribution in [2.45, 2.75) is 18.5 Å². The molecule has 0 aromatic carbocycles. The molecule has 0 atom stereocenters. The van der Waals surface area contributed by atoms with Crippen LogP contribution in [0.15, 0.2) is 5.16 Å². The lowest BCUT2D eigenvalue weighted by molar-refractivity contribution is -0.140. The number of ether oxygens (including phenoxy) is 1. The van der Waals surface area contributed by atoms with Crippen molar-refractivity contribution in [1.82, 2.24) is 14.8 Å². The molecule has 1 aromatic heterocycles. The Labute approximate surface area is 86.8 Å². The zero-order valence-electron chi connectivity index (χ0n) is 8.48. The van der Waals surface area contributed by atoms with Crippen LogP contribution < -0.4 is 0 Å². The molecule has 0 radical (unpaired) electrons. The number of aryl methyl sites for hydroxylation is 1. The van der Waals surface area contributed by atoms with Crippen molar-refractivity contribution in [3.8, 4) is 0 Å². The molecular formula is C8H13N3O2S. The van der Waals surface area contributed by atoms with Gasteiger partial charge in [0.15, 0.2) is 5.16 Å². The second-order valence-electron chi connectivity index (χ2n) is 2.76. The molecular weight excluding hydrogens is 202 g/mol. The van der Waals surface area contributed by atoms with Gasteiger partial charge in [0.2, 0.25) is 0 Å². The Balaban J connectivity index is 2.39. The highest BCUT2D eigenvalue weighted by Gasteiger charge is 2.06. The van der Waals surface area contributed by atoms with Crippen molar-refractivity contribution >= 4 is 17.7 Å². The number of nitrogens with zero attached hydrogens (tertiary/aromatic N) is 3. The highest BCUT2D eigenvalue weighted by atomic mass is 32.2. The van der Waals surface area contributed by atoms with Crippen LogP contribution in [0.3, 0.4) is 0 Å². The van der Waals surface area contributed by atoms with E-state index in [1.54, 1.807) is 0 Å². The first-order valence-corrected chi connectivity index (χ1v) is 5.19. The van der Waals surface area contributed by atoms with E-state index in [9.17, 15) is 4.79 Å². The van der Waals surface area contributed by atoms with Gasteiger partial charge in [-0.2, -0.15) is 0 Å². The van der Waals surface area contributed by atoms with Gasteiger partial charge < -0.3 is 9.30 Å². The van der Waals surface area contributed by atoms with E-state index in [1.807, 2.05) is 18.5 Å². The summed E-state index contributed by atoms with van der Waals surface area (Å²) in [4.78, 5) is 10.8. The maximum atomic E-state index is 10.8. The van der Waals surface area contributed by atoms with Gasteiger partial charge >= 0.3 is 5.97 Å². The summed E-state index contributed by atoms with van der Waals surface area (Å²) in [5, 5.41) is 8.70. The molecule has 0 unspecified atom stereocenters. The summed E-state index contributed by atoms with van der Waals surface area (Å²) in [6.45, 7) is 1.89. The molecule has 0 bridgehead atoms. The fourth-order valence-electron chi connectivity index (χ4n) is 0.841. The van der Waals surface area contributed by atoms with Crippen molar-refractivity contribution in [3.05, 3.63) is 5.82 Å². The zero-order valence-corrected chi connectivity index (χ0v) is 9.30. The molecule has 1 heterocycles. The molecule has 14 heavy (non-hydrogen) atoms. The summed E-state index contributed by atoms with van der Waals surface area (Å²) >= 11 is 1.50. The maximum Gasteiger partial charge on any atom is 0.306 e. The van der Waals surface area contributed by atoms with Crippen LogP contribution in [0, 0.1) is 6.92 Å². The average Bonchev–Trinajstić information content (AvgIpc) is 2.49. The van der Waals surface area contributed by atoms with Crippen molar-refractivity contribution < 1.29 is 9.53 Å². The van der Waals surface area contributed by atoms with Gasteiger partial charge in [0.25, 0.3) is 0 Å². The molecule has 0 fully saturated rings. The molecule has 0 amide bonds. The topological polar surface area (TPSA) is 57.0 Å². The summed E-state index contributed by atoms with van der Waals surface area (Å²) in [5.41, 5.74) is 0. The first-order chi connectivity index (χ1) is 6.65. The standard InChI is InChI=1S/C8H13N3O2S/c1-6-9-10-8(11(6)2)14-5-4-7(12)13-3/h4-5H2,1-3H3. The Kier molecular flexibility index (Phi) is 3.94. The third kappa shape index (κ3) is 2.73. The third-order valence-electron chi connectivity index (χ3n) is 1.82. The number of esters is 1. The molecule has 1 rings (SSSR count). The van der Waals surface area contributed by atoms with Crippen LogP contribution in [-0.4, -0.2) is 33.6 Å². The summed E-state index contributed by atoms with van der Waals surface area (Å²) in [5.74, 6) is 1.33. The SMILES string of the molecule is COC(=O)CCSc1nnc(C)n1C. The summed E-state index contributed by atoms with van der Waals surface area (Å²) in [6.07, 6.45) is 0.396. The van der Waals surface area contributed by atoms with Gasteiger partial charge in [0, 0.05) is 12.8 Å². The summed E-state index contributed by atoms with van der Waals surface area (Å²) in [6, 6.07) is 0. The quantitative estimate of drug-likeness (QED) is 0.548. The van der Waals surface area contributed by atoms with Gasteiger partial charge in [-0.05, 0) is 6.92 Å². The predicted octanol–water partition coefficient (Wildman–Crippen LogP) is 0.779. The lowest BCUT2D eigenvalue weighted by atomic mass is 10.5. The Bertz CT molecular complexity index is 324. The van der Waals surface area contributed by atoms with Gasteiger partial charge in [0.05, 0.1) is 13.5 Å². The van der Waals surface area contributed by atoms with Crippen LogP contribution in [0.1, 0.15) is 12.2 Å². The van der Waals surface area contributed by atoms with E-state index in [4.69, 9.17) is 0 Å². The van der Waals surface area contributed by atoms with E-state index in [-0.39, 0.29) is 5.97 Å². The number of thioether (sulfide) groups is 1. The van der Waals surface area contributed by atoms with Gasteiger partial charge in [-0.25, -0.2) is 0 Å². The number of rotatable bonds is 4. The fourth-order valence-corrected chi connectivity index (χ4v) is 1.72. The average molecular weight is 215 g/mol. The summed E-state index contributed by atoms with van der Waals surface area (Å²) in [7, 11) is 3.29. The molecule has 6 heteroatoms. The van der Waals surface area contributed by atoms with Crippen LogP contribution in [0.2, 0.25) is 0 Å². The number of aromatic nitrogens is 3. The van der Waals surface area contributed by atoms with E-state index in [1.165, 1.54) is 18.9 Å². The van der Waals surface area contributed by atoms with Crippen LogP contribution in [0.4, 0.5) is 0 Å². The smallest absolute Gasteiger partial charge is 0.306 e. The second kappa shape index (κ2) is 4.99. The molecule has 1 aromatic rings. The van der Waals surface area contributed by atoms with Gasteiger partial charge in [-0.15, -0.1) is 10.2 Å². The highest BCUT2D eigenvalue weighted by molar-refractivity contribution is 7.99. The van der Waals surface area contributed by atoms with Crippen molar-refractivity contribution in [3.63, 3.8) is 0 Å². The Morgan fingerprint density at radius 2 is 2.29 bits per heavy atom.